The summed E-state index contributed by atoms with van der Waals surface area (Å²) >= 11 is 0. The van der Waals surface area contributed by atoms with Crippen LogP contribution in [-0.4, -0.2) is 50.4 Å². The van der Waals surface area contributed by atoms with Gasteiger partial charge >= 0.3 is 12.2 Å². The van der Waals surface area contributed by atoms with Crippen molar-refractivity contribution in [2.24, 2.45) is 0 Å². The Bertz CT molecular complexity index is 742. The second-order valence-corrected chi connectivity index (χ2v) is 6.43. The molecule has 9 heteroatoms. The zero-order chi connectivity index (χ0) is 19.4. The summed E-state index contributed by atoms with van der Waals surface area (Å²) in [6.45, 7) is 2.91. The van der Waals surface area contributed by atoms with Crippen LogP contribution < -0.4 is 15.1 Å². The number of benzene rings is 1. The molecule has 0 aliphatic carbocycles. The van der Waals surface area contributed by atoms with Crippen molar-refractivity contribution >= 4 is 29.5 Å². The van der Waals surface area contributed by atoms with Crippen molar-refractivity contribution in [1.29, 1.82) is 0 Å². The summed E-state index contributed by atoms with van der Waals surface area (Å²) in [5, 5.41) is 2.74. The number of nitrogens with one attached hydrogen (secondary N) is 1. The van der Waals surface area contributed by atoms with Gasteiger partial charge in [-0.3, -0.25) is 14.6 Å². The smallest absolute Gasteiger partial charge is 0.414 e. The van der Waals surface area contributed by atoms with Crippen LogP contribution in [0.15, 0.2) is 18.2 Å². The van der Waals surface area contributed by atoms with Gasteiger partial charge in [0.2, 0.25) is 5.91 Å². The second kappa shape index (κ2) is 8.24. The van der Waals surface area contributed by atoms with Crippen LogP contribution >= 0.6 is 0 Å². The fraction of sp³-hybridized carbons (Fsp3) is 0.500. The predicted octanol–water partition coefficient (Wildman–Crippen LogP) is 2.41. The number of hydrogen-bond acceptors (Lipinski definition) is 5. The largest absolute Gasteiger partial charge is 0.447 e. The SMILES string of the molecule is CCCCC(=O)NC[C@H]1CN(c2ccc(N3CCOC3=O)c(F)c2)C(=O)O1. The van der Waals surface area contributed by atoms with Crippen LogP contribution in [0.4, 0.5) is 25.4 Å². The molecule has 146 valence electrons. The molecule has 1 aromatic rings. The van der Waals surface area contributed by atoms with Crippen LogP contribution in [0.25, 0.3) is 0 Å². The Morgan fingerprint density at radius 2 is 2.11 bits per heavy atom. The van der Waals surface area contributed by atoms with E-state index in [1.807, 2.05) is 6.92 Å². The van der Waals surface area contributed by atoms with Crippen LogP contribution in [0.5, 0.6) is 0 Å². The molecule has 0 unspecified atom stereocenters. The van der Waals surface area contributed by atoms with Crippen molar-refractivity contribution < 1.29 is 28.2 Å². The third-order valence-corrected chi connectivity index (χ3v) is 4.45. The van der Waals surface area contributed by atoms with Gasteiger partial charge in [-0.05, 0) is 24.6 Å². The first-order chi connectivity index (χ1) is 13.0. The van der Waals surface area contributed by atoms with Gasteiger partial charge in [0.15, 0.2) is 0 Å². The lowest BCUT2D eigenvalue weighted by molar-refractivity contribution is -0.121. The minimum atomic E-state index is -0.629. The van der Waals surface area contributed by atoms with Gasteiger partial charge in [0, 0.05) is 6.42 Å². The van der Waals surface area contributed by atoms with E-state index < -0.39 is 24.1 Å². The van der Waals surface area contributed by atoms with E-state index in [-0.39, 0.29) is 37.8 Å². The first-order valence-corrected chi connectivity index (χ1v) is 8.98. The summed E-state index contributed by atoms with van der Waals surface area (Å²) in [6.07, 6.45) is 0.470. The number of carbonyl (C=O) groups is 3. The number of anilines is 2. The van der Waals surface area contributed by atoms with Crippen molar-refractivity contribution in [2.45, 2.75) is 32.3 Å². The Morgan fingerprint density at radius 3 is 2.78 bits per heavy atom. The van der Waals surface area contributed by atoms with Crippen LogP contribution in [0.2, 0.25) is 0 Å². The van der Waals surface area contributed by atoms with E-state index in [0.29, 0.717) is 12.1 Å². The van der Waals surface area contributed by atoms with Gasteiger partial charge in [0.1, 0.15) is 18.5 Å². The molecule has 2 aliphatic heterocycles. The van der Waals surface area contributed by atoms with E-state index in [2.05, 4.69) is 5.32 Å². The maximum absolute atomic E-state index is 14.4. The predicted molar refractivity (Wildman–Crippen MR) is 95.2 cm³/mol. The highest BCUT2D eigenvalue weighted by atomic mass is 19.1. The molecular formula is C18H22FN3O5. The van der Waals surface area contributed by atoms with Gasteiger partial charge < -0.3 is 14.8 Å². The Labute approximate surface area is 156 Å². The monoisotopic (exact) mass is 379 g/mol. The Morgan fingerprint density at radius 1 is 1.30 bits per heavy atom. The van der Waals surface area contributed by atoms with Crippen molar-refractivity contribution in [3.05, 3.63) is 24.0 Å². The number of carbonyl (C=O) groups excluding carboxylic acids is 3. The molecule has 0 aromatic heterocycles. The highest BCUT2D eigenvalue weighted by molar-refractivity contribution is 5.92. The molecular weight excluding hydrogens is 357 g/mol. The fourth-order valence-corrected chi connectivity index (χ4v) is 2.99. The van der Waals surface area contributed by atoms with Gasteiger partial charge in [-0.1, -0.05) is 13.3 Å². The molecule has 8 nitrogen and oxygen atoms in total. The highest BCUT2D eigenvalue weighted by Crippen LogP contribution is 2.29. The van der Waals surface area contributed by atoms with Crippen LogP contribution in [0.3, 0.4) is 0 Å². The Kier molecular flexibility index (Phi) is 5.78. The third kappa shape index (κ3) is 4.29. The molecule has 1 atom stereocenters. The molecule has 1 aromatic carbocycles. The zero-order valence-electron chi connectivity index (χ0n) is 15.1. The molecule has 27 heavy (non-hydrogen) atoms. The minimum Gasteiger partial charge on any atom is -0.447 e. The van der Waals surface area contributed by atoms with Gasteiger partial charge in [0.05, 0.1) is 31.0 Å². The standard InChI is InChI=1S/C18H22FN3O5/c1-2-3-4-16(23)20-10-13-11-22(18(25)27-13)12-5-6-15(14(19)9-12)21-7-8-26-17(21)24/h5-6,9,13H,2-4,7-8,10-11H2,1H3,(H,20,23)/t13-/m0/s1. The number of amides is 3. The topological polar surface area (TPSA) is 88.2 Å². The fourth-order valence-electron chi connectivity index (χ4n) is 2.99. The molecule has 0 saturated carbocycles. The molecule has 2 fully saturated rings. The van der Waals surface area contributed by atoms with E-state index >= 15 is 0 Å². The van der Waals surface area contributed by atoms with Crippen LogP contribution in [0, 0.1) is 5.82 Å². The van der Waals surface area contributed by atoms with E-state index in [1.54, 1.807) is 6.07 Å². The Balaban J connectivity index is 1.61. The number of rotatable bonds is 7. The van der Waals surface area contributed by atoms with Crippen LogP contribution in [-0.2, 0) is 14.3 Å². The molecule has 0 spiro atoms. The molecule has 2 saturated heterocycles. The van der Waals surface area contributed by atoms with Crippen molar-refractivity contribution in [3.63, 3.8) is 0 Å². The molecule has 2 heterocycles. The van der Waals surface area contributed by atoms with Gasteiger partial charge in [-0.15, -0.1) is 0 Å². The zero-order valence-corrected chi connectivity index (χ0v) is 15.1. The first kappa shape index (κ1) is 18.9. The number of unbranched alkanes of at least 4 members (excludes halogenated alkanes) is 1. The van der Waals surface area contributed by atoms with Gasteiger partial charge in [-0.25, -0.2) is 14.0 Å². The molecule has 3 rings (SSSR count). The lowest BCUT2D eigenvalue weighted by atomic mass is 10.2. The summed E-state index contributed by atoms with van der Waals surface area (Å²) in [7, 11) is 0. The average Bonchev–Trinajstić information content (AvgIpc) is 3.23. The maximum Gasteiger partial charge on any atom is 0.414 e. The number of nitrogens with zero attached hydrogens (tertiary/aromatic N) is 2. The maximum atomic E-state index is 14.4. The molecule has 1 N–H and O–H groups in total. The van der Waals surface area contributed by atoms with E-state index in [1.165, 1.54) is 21.9 Å². The van der Waals surface area contributed by atoms with E-state index in [9.17, 15) is 18.8 Å². The first-order valence-electron chi connectivity index (χ1n) is 8.98. The second-order valence-electron chi connectivity index (χ2n) is 6.43. The molecule has 2 aliphatic rings. The average molecular weight is 379 g/mol. The van der Waals surface area contributed by atoms with E-state index in [4.69, 9.17) is 9.47 Å². The van der Waals surface area contributed by atoms with Crippen molar-refractivity contribution in [3.8, 4) is 0 Å². The summed E-state index contributed by atoms with van der Waals surface area (Å²) in [5.41, 5.74) is 0.433. The number of halogens is 1. The third-order valence-electron chi connectivity index (χ3n) is 4.45. The summed E-state index contributed by atoms with van der Waals surface area (Å²) < 4.78 is 24.5. The molecule has 0 radical (unpaired) electrons. The lowest BCUT2D eigenvalue weighted by Crippen LogP contribution is -2.34. The Hall–Kier alpha value is -2.84. The van der Waals surface area contributed by atoms with Gasteiger partial charge in [-0.2, -0.15) is 0 Å². The minimum absolute atomic E-state index is 0.0840. The molecule has 3 amide bonds. The van der Waals surface area contributed by atoms with Crippen LogP contribution in [0.1, 0.15) is 26.2 Å². The normalized spacial score (nSPS) is 19.3. The number of cyclic esters (lactones) is 2. The van der Waals surface area contributed by atoms with Crippen molar-refractivity contribution in [2.75, 3.05) is 36.0 Å². The summed E-state index contributed by atoms with van der Waals surface area (Å²) in [4.78, 5) is 37.8. The number of ether oxygens (including phenoxy) is 2. The number of hydrogen-bond donors (Lipinski definition) is 1. The summed E-state index contributed by atoms with van der Waals surface area (Å²) in [5.74, 6) is -0.713. The van der Waals surface area contributed by atoms with Crippen molar-refractivity contribution in [1.82, 2.24) is 5.32 Å². The van der Waals surface area contributed by atoms with E-state index in [0.717, 1.165) is 12.8 Å². The molecule has 0 bridgehead atoms. The lowest BCUT2D eigenvalue weighted by Gasteiger charge is -2.17. The summed E-state index contributed by atoms with van der Waals surface area (Å²) in [6, 6.07) is 4.17. The van der Waals surface area contributed by atoms with Gasteiger partial charge in [0.25, 0.3) is 0 Å². The highest BCUT2D eigenvalue weighted by Gasteiger charge is 2.33. The quantitative estimate of drug-likeness (QED) is 0.786.